The molecule has 0 N–H and O–H groups in total. The van der Waals surface area contributed by atoms with Crippen molar-refractivity contribution in [3.63, 3.8) is 0 Å². The van der Waals surface area contributed by atoms with E-state index in [1.165, 1.54) is 23.6 Å². The zero-order chi connectivity index (χ0) is 7.84. The van der Waals surface area contributed by atoms with Crippen LogP contribution in [0, 0.1) is 5.82 Å². The summed E-state index contributed by atoms with van der Waals surface area (Å²) in [6, 6.07) is 3.40. The maximum absolute atomic E-state index is 12.6. The van der Waals surface area contributed by atoms with Crippen LogP contribution in [-0.2, 0) is 0 Å². The predicted molar refractivity (Wildman–Crippen MR) is 45.0 cm³/mol. The number of hydrogen-bond acceptors (Lipinski definition) is 2. The van der Waals surface area contributed by atoms with Crippen LogP contribution >= 0.6 is 11.3 Å². The summed E-state index contributed by atoms with van der Waals surface area (Å²) in [6.07, 6.45) is 1.23. The van der Waals surface area contributed by atoms with Gasteiger partial charge in [0, 0.05) is 0 Å². The quantitative estimate of drug-likeness (QED) is 0.621. The number of fused-ring (bicyclic) bond motifs is 1. The first-order chi connectivity index (χ1) is 5.25. The molecule has 0 fully saturated rings. The van der Waals surface area contributed by atoms with Crippen LogP contribution in [0.3, 0.4) is 0 Å². The van der Waals surface area contributed by atoms with Gasteiger partial charge < -0.3 is 0 Å². The third-order valence-corrected chi connectivity index (χ3v) is 2.95. The van der Waals surface area contributed by atoms with Crippen molar-refractivity contribution in [1.29, 1.82) is 0 Å². The second kappa shape index (κ2) is 2.55. The Bertz CT molecular complexity index is 398. The zero-order valence-electron chi connectivity index (χ0n) is 5.37. The van der Waals surface area contributed by atoms with Crippen LogP contribution in [0.1, 0.15) is 0 Å². The van der Waals surface area contributed by atoms with Gasteiger partial charge in [0.15, 0.2) is 0 Å². The summed E-state index contributed by atoms with van der Waals surface area (Å²) in [5.41, 5.74) is 0.852. The van der Waals surface area contributed by atoms with Gasteiger partial charge in [-0.05, 0) is 0 Å². The van der Waals surface area contributed by atoms with E-state index in [0.717, 1.165) is 14.0 Å². The molecule has 2 aromatic rings. The van der Waals surface area contributed by atoms with Crippen LogP contribution in [0.4, 0.5) is 4.39 Å². The van der Waals surface area contributed by atoms with Gasteiger partial charge in [-0.25, -0.2) is 0 Å². The summed E-state index contributed by atoms with van der Waals surface area (Å²) in [7, 11) is 0. The molecule has 55 valence electrons. The standard InChI is InChI=1S/C7H3FNSSe/c8-4-1-6-5(9-3-4)2-7(11)10-6/h1-3H. The van der Waals surface area contributed by atoms with E-state index < -0.39 is 0 Å². The van der Waals surface area contributed by atoms with Crippen LogP contribution < -0.4 is 3.78 Å². The molecule has 2 heterocycles. The minimum absolute atomic E-state index is 0.278. The van der Waals surface area contributed by atoms with E-state index in [1.807, 2.05) is 6.07 Å². The molecule has 1 nitrogen and oxygen atoms in total. The Morgan fingerprint density at radius 2 is 2.27 bits per heavy atom. The van der Waals surface area contributed by atoms with Gasteiger partial charge in [0.05, 0.1) is 0 Å². The number of nitrogens with zero attached hydrogens (tertiary/aromatic N) is 1. The van der Waals surface area contributed by atoms with Gasteiger partial charge >= 0.3 is 74.9 Å². The second-order valence-electron chi connectivity index (χ2n) is 2.10. The average molecular weight is 231 g/mol. The van der Waals surface area contributed by atoms with Crippen molar-refractivity contribution in [2.75, 3.05) is 0 Å². The minimum atomic E-state index is -0.278. The summed E-state index contributed by atoms with van der Waals surface area (Å²) in [6.45, 7) is 0. The van der Waals surface area contributed by atoms with Crippen molar-refractivity contribution >= 4 is 41.3 Å². The number of hydrogen-bond donors (Lipinski definition) is 0. The summed E-state index contributed by atoms with van der Waals surface area (Å²) >= 11 is 4.38. The van der Waals surface area contributed by atoms with Gasteiger partial charge in [-0.2, -0.15) is 0 Å². The SMILES string of the molecule is Fc1cnc2cc([Se])sc2c1. The topological polar surface area (TPSA) is 12.9 Å². The molecular formula is C7H3FNSSe. The molecule has 2 rings (SSSR count). The number of rotatable bonds is 0. The maximum atomic E-state index is 12.6. The van der Waals surface area contributed by atoms with E-state index in [1.54, 1.807) is 0 Å². The number of halogens is 1. The molecule has 0 atom stereocenters. The van der Waals surface area contributed by atoms with Gasteiger partial charge in [-0.1, -0.05) is 0 Å². The molecule has 0 aliphatic rings. The van der Waals surface area contributed by atoms with E-state index in [4.69, 9.17) is 0 Å². The van der Waals surface area contributed by atoms with E-state index in [2.05, 4.69) is 21.0 Å². The molecular weight excluding hydrogens is 228 g/mol. The van der Waals surface area contributed by atoms with Gasteiger partial charge in [-0.15, -0.1) is 0 Å². The van der Waals surface area contributed by atoms with Gasteiger partial charge in [0.25, 0.3) is 0 Å². The second-order valence-corrected chi connectivity index (χ2v) is 4.69. The Hall–Kier alpha value is -0.441. The molecule has 0 aromatic carbocycles. The van der Waals surface area contributed by atoms with Crippen LogP contribution in [-0.4, -0.2) is 21.0 Å². The molecule has 0 saturated heterocycles. The van der Waals surface area contributed by atoms with Gasteiger partial charge in [-0.3, -0.25) is 0 Å². The average Bonchev–Trinajstić information content (AvgIpc) is 2.27. The van der Waals surface area contributed by atoms with Crippen molar-refractivity contribution in [3.8, 4) is 0 Å². The van der Waals surface area contributed by atoms with E-state index in [0.29, 0.717) is 0 Å². The predicted octanol–water partition coefficient (Wildman–Crippen LogP) is 1.23. The molecule has 4 heteroatoms. The third-order valence-electron chi connectivity index (χ3n) is 1.31. The molecule has 0 aliphatic carbocycles. The van der Waals surface area contributed by atoms with Crippen LogP contribution in [0.25, 0.3) is 10.2 Å². The number of thiophene rings is 1. The fourth-order valence-corrected chi connectivity index (χ4v) is 2.45. The molecule has 0 amide bonds. The Labute approximate surface area is 75.1 Å². The summed E-state index contributed by atoms with van der Waals surface area (Å²) in [5, 5.41) is 0. The molecule has 1 radical (unpaired) electrons. The van der Waals surface area contributed by atoms with Crippen molar-refractivity contribution in [1.82, 2.24) is 4.98 Å². The Morgan fingerprint density at radius 3 is 3.09 bits per heavy atom. The van der Waals surface area contributed by atoms with E-state index in [9.17, 15) is 4.39 Å². The summed E-state index contributed by atoms with van der Waals surface area (Å²) < 4.78 is 14.5. The molecule has 2 aromatic heterocycles. The molecule has 0 spiro atoms. The Balaban J connectivity index is 2.82. The first kappa shape index (κ1) is 7.22. The summed E-state index contributed by atoms with van der Waals surface area (Å²) in [5.74, 6) is -0.278. The monoisotopic (exact) mass is 232 g/mol. The van der Waals surface area contributed by atoms with Crippen molar-refractivity contribution < 1.29 is 4.39 Å². The van der Waals surface area contributed by atoms with Crippen molar-refractivity contribution in [3.05, 3.63) is 24.1 Å². The number of aromatic nitrogens is 1. The Kier molecular flexibility index (Phi) is 1.68. The molecule has 0 aliphatic heterocycles. The van der Waals surface area contributed by atoms with E-state index >= 15 is 0 Å². The van der Waals surface area contributed by atoms with Crippen LogP contribution in [0.2, 0.25) is 0 Å². The van der Waals surface area contributed by atoms with Crippen LogP contribution in [0.5, 0.6) is 0 Å². The Morgan fingerprint density at radius 1 is 1.45 bits per heavy atom. The molecule has 11 heavy (non-hydrogen) atoms. The first-order valence-electron chi connectivity index (χ1n) is 2.98. The van der Waals surface area contributed by atoms with Crippen LogP contribution in [0.15, 0.2) is 18.3 Å². The third kappa shape index (κ3) is 1.29. The fourth-order valence-electron chi connectivity index (χ4n) is 0.871. The first-order valence-corrected chi connectivity index (χ1v) is 4.65. The molecule has 0 saturated carbocycles. The number of pyridine rings is 1. The van der Waals surface area contributed by atoms with Crippen molar-refractivity contribution in [2.24, 2.45) is 0 Å². The zero-order valence-corrected chi connectivity index (χ0v) is 7.90. The van der Waals surface area contributed by atoms with E-state index in [-0.39, 0.29) is 5.82 Å². The van der Waals surface area contributed by atoms with Crippen molar-refractivity contribution in [2.45, 2.75) is 0 Å². The summed E-state index contributed by atoms with van der Waals surface area (Å²) in [4.78, 5) is 3.92. The fraction of sp³-hybridized carbons (Fsp3) is 0. The van der Waals surface area contributed by atoms with Gasteiger partial charge in [0.2, 0.25) is 0 Å². The van der Waals surface area contributed by atoms with Gasteiger partial charge in [0.1, 0.15) is 0 Å². The molecule has 0 unspecified atom stereocenters. The normalized spacial score (nSPS) is 10.6. The molecule has 0 bridgehead atoms.